The molecule has 2 fully saturated rings. The summed E-state index contributed by atoms with van der Waals surface area (Å²) in [6.07, 6.45) is -2.61. The maximum Gasteiger partial charge on any atom is 0.431 e. The number of aromatic nitrogens is 2. The van der Waals surface area contributed by atoms with Crippen LogP contribution in [0.3, 0.4) is 0 Å². The van der Waals surface area contributed by atoms with Crippen molar-refractivity contribution in [1.29, 1.82) is 0 Å². The number of ether oxygens (including phenoxy) is 4. The van der Waals surface area contributed by atoms with Crippen LogP contribution in [-0.4, -0.2) is 76.1 Å². The van der Waals surface area contributed by atoms with E-state index in [0.29, 0.717) is 0 Å². The summed E-state index contributed by atoms with van der Waals surface area (Å²) in [5.74, 6) is 3.66. The van der Waals surface area contributed by atoms with Crippen molar-refractivity contribution in [2.45, 2.75) is 70.5 Å². The SMILES string of the molecule is CC(C)(C)OC(=O)NOCC(=O)NCC#Cc1cn([C@@H]2O[C@H](CO)[C@H]3OC(C)(C)O[C@H]32)c(=O)[nH]c1=O. The number of hydroxylamine groups is 1. The first kappa shape index (κ1) is 27.4. The molecule has 3 rings (SSSR count). The number of aliphatic hydroxyl groups is 1. The molecule has 36 heavy (non-hydrogen) atoms. The number of nitrogens with zero attached hydrogens (tertiary/aromatic N) is 1. The summed E-state index contributed by atoms with van der Waals surface area (Å²) in [6.45, 7) is 7.46. The molecule has 0 unspecified atom stereocenters. The van der Waals surface area contributed by atoms with Crippen molar-refractivity contribution in [3.8, 4) is 11.8 Å². The smallest absolute Gasteiger partial charge is 0.431 e. The molecule has 2 amide bonds. The largest absolute Gasteiger partial charge is 0.442 e. The molecule has 198 valence electrons. The van der Waals surface area contributed by atoms with E-state index in [0.717, 1.165) is 4.57 Å². The third-order valence-electron chi connectivity index (χ3n) is 4.90. The first-order valence-electron chi connectivity index (χ1n) is 11.1. The minimum Gasteiger partial charge on any atom is -0.442 e. The molecule has 2 aliphatic rings. The standard InChI is InChI=1S/C22H30N4O10/c1-21(2,3)36-20(31)25-32-11-14(28)23-8-6-7-12-9-26(19(30)24-17(12)29)18-16-15(13(10-27)33-18)34-22(4,5)35-16/h9,13,15-16,18,27H,8,10-11H2,1-5H3,(H,23,28)(H,25,31)(H,24,29,30)/t13-,15-,16-,18-/m1/s1. The lowest BCUT2D eigenvalue weighted by Gasteiger charge is -2.24. The Balaban J connectivity index is 1.60. The molecule has 4 atom stereocenters. The number of aliphatic hydroxyl groups excluding tert-OH is 1. The van der Waals surface area contributed by atoms with Crippen molar-refractivity contribution in [3.63, 3.8) is 0 Å². The second kappa shape index (κ2) is 10.8. The van der Waals surface area contributed by atoms with Gasteiger partial charge in [0.15, 0.2) is 18.6 Å². The van der Waals surface area contributed by atoms with Crippen molar-refractivity contribution < 1.29 is 38.5 Å². The van der Waals surface area contributed by atoms with Gasteiger partial charge in [-0.15, -0.1) is 0 Å². The van der Waals surface area contributed by atoms with E-state index in [-0.39, 0.29) is 18.7 Å². The number of hydrogen-bond donors (Lipinski definition) is 4. The van der Waals surface area contributed by atoms with Gasteiger partial charge in [0.1, 0.15) is 29.5 Å². The summed E-state index contributed by atoms with van der Waals surface area (Å²) < 4.78 is 23.5. The average molecular weight is 511 g/mol. The highest BCUT2D eigenvalue weighted by Crippen LogP contribution is 2.42. The first-order chi connectivity index (χ1) is 16.8. The number of carbonyl (C=O) groups is 2. The third-order valence-corrected chi connectivity index (χ3v) is 4.90. The molecular weight excluding hydrogens is 480 g/mol. The molecule has 2 aliphatic heterocycles. The van der Waals surface area contributed by atoms with E-state index < -0.39 is 65.8 Å². The fourth-order valence-corrected chi connectivity index (χ4v) is 3.59. The molecule has 0 aromatic carbocycles. The van der Waals surface area contributed by atoms with Crippen molar-refractivity contribution in [1.82, 2.24) is 20.3 Å². The summed E-state index contributed by atoms with van der Waals surface area (Å²) in [5, 5.41) is 12.1. The predicted octanol–water partition coefficient (Wildman–Crippen LogP) is -1.13. The Kier molecular flexibility index (Phi) is 8.22. The molecule has 2 saturated heterocycles. The van der Waals surface area contributed by atoms with Crippen molar-refractivity contribution in [3.05, 3.63) is 32.6 Å². The zero-order valence-corrected chi connectivity index (χ0v) is 20.6. The van der Waals surface area contributed by atoms with E-state index in [1.807, 2.05) is 5.48 Å². The molecule has 4 N–H and O–H groups in total. The summed E-state index contributed by atoms with van der Waals surface area (Å²) in [7, 11) is 0. The van der Waals surface area contributed by atoms with Gasteiger partial charge in [-0.1, -0.05) is 11.8 Å². The van der Waals surface area contributed by atoms with Crippen LogP contribution in [0.1, 0.15) is 46.4 Å². The zero-order chi connectivity index (χ0) is 26.7. The van der Waals surface area contributed by atoms with Crippen LogP contribution in [0.2, 0.25) is 0 Å². The second-order valence-electron chi connectivity index (χ2n) is 9.49. The van der Waals surface area contributed by atoms with Gasteiger partial charge in [0, 0.05) is 6.20 Å². The highest BCUT2D eigenvalue weighted by molar-refractivity contribution is 5.77. The Labute approximate surface area is 206 Å². The van der Waals surface area contributed by atoms with E-state index >= 15 is 0 Å². The summed E-state index contributed by atoms with van der Waals surface area (Å²) in [5.41, 5.74) is -0.267. The Morgan fingerprint density at radius 3 is 2.61 bits per heavy atom. The van der Waals surface area contributed by atoms with Gasteiger partial charge in [-0.05, 0) is 34.6 Å². The number of carbonyl (C=O) groups excluding carboxylic acids is 2. The lowest BCUT2D eigenvalue weighted by atomic mass is 10.1. The van der Waals surface area contributed by atoms with Crippen LogP contribution in [0.15, 0.2) is 15.8 Å². The monoisotopic (exact) mass is 510 g/mol. The van der Waals surface area contributed by atoms with Crippen LogP contribution in [0.25, 0.3) is 0 Å². The number of amides is 2. The Bertz CT molecular complexity index is 1160. The normalized spacial score (nSPS) is 24.4. The van der Waals surface area contributed by atoms with Crippen LogP contribution >= 0.6 is 0 Å². The zero-order valence-electron chi connectivity index (χ0n) is 20.6. The Morgan fingerprint density at radius 1 is 1.25 bits per heavy atom. The van der Waals surface area contributed by atoms with Gasteiger partial charge < -0.3 is 29.4 Å². The van der Waals surface area contributed by atoms with E-state index in [9.17, 15) is 24.3 Å². The van der Waals surface area contributed by atoms with Gasteiger partial charge in [0.25, 0.3) is 5.56 Å². The van der Waals surface area contributed by atoms with E-state index in [4.69, 9.17) is 23.8 Å². The maximum absolute atomic E-state index is 12.5. The molecular formula is C22H30N4O10. The minimum absolute atomic E-state index is 0.0579. The van der Waals surface area contributed by atoms with Crippen LogP contribution in [0, 0.1) is 11.8 Å². The van der Waals surface area contributed by atoms with Gasteiger partial charge in [-0.2, -0.15) is 5.48 Å². The van der Waals surface area contributed by atoms with Crippen LogP contribution < -0.4 is 22.0 Å². The molecule has 0 saturated carbocycles. The maximum atomic E-state index is 12.5. The summed E-state index contributed by atoms with van der Waals surface area (Å²) >= 11 is 0. The molecule has 3 heterocycles. The Morgan fingerprint density at radius 2 is 1.94 bits per heavy atom. The summed E-state index contributed by atoms with van der Waals surface area (Å²) in [6, 6.07) is 0. The topological polar surface area (TPSA) is 179 Å². The molecule has 0 bridgehead atoms. The molecule has 1 aromatic rings. The van der Waals surface area contributed by atoms with Gasteiger partial charge in [0.05, 0.1) is 13.2 Å². The number of rotatable bonds is 6. The van der Waals surface area contributed by atoms with Crippen LogP contribution in [-0.2, 0) is 28.6 Å². The average Bonchev–Trinajstić information content (AvgIpc) is 3.24. The Hall–Kier alpha value is -3.22. The van der Waals surface area contributed by atoms with Crippen molar-refractivity contribution in [2.75, 3.05) is 19.8 Å². The molecule has 0 aliphatic carbocycles. The molecule has 1 aromatic heterocycles. The highest BCUT2D eigenvalue weighted by atomic mass is 16.8. The molecule has 0 spiro atoms. The van der Waals surface area contributed by atoms with Gasteiger partial charge >= 0.3 is 11.8 Å². The van der Waals surface area contributed by atoms with Gasteiger partial charge in [-0.25, -0.2) is 9.59 Å². The second-order valence-corrected chi connectivity index (χ2v) is 9.49. The highest BCUT2D eigenvalue weighted by Gasteiger charge is 2.55. The number of nitrogens with one attached hydrogen (secondary N) is 3. The molecule has 14 heteroatoms. The number of hydrogen-bond acceptors (Lipinski definition) is 10. The first-order valence-corrected chi connectivity index (χ1v) is 11.1. The third kappa shape index (κ3) is 6.93. The predicted molar refractivity (Wildman–Crippen MR) is 121 cm³/mol. The summed E-state index contributed by atoms with van der Waals surface area (Å²) in [4.78, 5) is 54.9. The number of H-pyrrole nitrogens is 1. The van der Waals surface area contributed by atoms with Crippen molar-refractivity contribution >= 4 is 12.0 Å². The van der Waals surface area contributed by atoms with Gasteiger partial charge in [0.2, 0.25) is 5.91 Å². The van der Waals surface area contributed by atoms with E-state index in [1.54, 1.807) is 34.6 Å². The van der Waals surface area contributed by atoms with Crippen LogP contribution in [0.5, 0.6) is 0 Å². The molecule has 14 nitrogen and oxygen atoms in total. The lowest BCUT2D eigenvalue weighted by Crippen LogP contribution is -2.38. The lowest BCUT2D eigenvalue weighted by molar-refractivity contribution is -0.200. The minimum atomic E-state index is -0.965. The van der Waals surface area contributed by atoms with Crippen LogP contribution in [0.4, 0.5) is 4.79 Å². The van der Waals surface area contributed by atoms with Crippen molar-refractivity contribution in [2.24, 2.45) is 0 Å². The fraction of sp³-hybridized carbons (Fsp3) is 0.636. The molecule has 0 radical (unpaired) electrons. The van der Waals surface area contributed by atoms with E-state index in [2.05, 4.69) is 22.1 Å². The number of aromatic amines is 1. The van der Waals surface area contributed by atoms with Gasteiger partial charge in [-0.3, -0.25) is 24.0 Å². The number of fused-ring (bicyclic) bond motifs is 1. The quantitative estimate of drug-likeness (QED) is 0.270. The fourth-order valence-electron chi connectivity index (χ4n) is 3.59. The van der Waals surface area contributed by atoms with E-state index in [1.165, 1.54) is 6.20 Å².